The summed E-state index contributed by atoms with van der Waals surface area (Å²) >= 11 is 0. The lowest BCUT2D eigenvalue weighted by molar-refractivity contribution is 0.669. The molecule has 11 rings (SSSR count). The molecule has 0 amide bonds. The lowest BCUT2D eigenvalue weighted by Crippen LogP contribution is -2.26. The molecule has 0 unspecified atom stereocenters. The minimum absolute atomic E-state index is 0.367. The third-order valence-corrected chi connectivity index (χ3v) is 11.1. The maximum absolute atomic E-state index is 6.23. The van der Waals surface area contributed by atoms with Gasteiger partial charge in [0.25, 0.3) is 0 Å². The van der Waals surface area contributed by atoms with E-state index in [0.29, 0.717) is 0 Å². The van der Waals surface area contributed by atoms with E-state index in [1.807, 2.05) is 12.1 Å². The first-order valence-electron chi connectivity index (χ1n) is 17.6. The standard InChI is InChI=1S/C49H31NO/c1-2-11-32(12-3-1)33-21-25-35(26-22-33)50(37-29-30-47-43(31-37)40-15-6-9-20-46(40)51-47)36-27-23-34(24-28-36)49-44-18-7-4-13-38(44)41-16-10-17-42(48(41)49)39-14-5-8-19-45(39)49/h1-31H. The van der Waals surface area contributed by atoms with Gasteiger partial charge in [-0.1, -0.05) is 140 Å². The Labute approximate surface area is 296 Å². The summed E-state index contributed by atoms with van der Waals surface area (Å²) in [5, 5.41) is 2.23. The molecule has 0 aliphatic heterocycles. The number of anilines is 3. The molecule has 0 bridgehead atoms. The normalized spacial score (nSPS) is 13.3. The van der Waals surface area contributed by atoms with Gasteiger partial charge in [-0.3, -0.25) is 0 Å². The lowest BCUT2D eigenvalue weighted by atomic mass is 9.70. The van der Waals surface area contributed by atoms with Gasteiger partial charge < -0.3 is 9.32 Å². The Morgan fingerprint density at radius 3 is 1.61 bits per heavy atom. The van der Waals surface area contributed by atoms with Crippen LogP contribution < -0.4 is 4.90 Å². The van der Waals surface area contributed by atoms with Crippen LogP contribution in [0.5, 0.6) is 0 Å². The van der Waals surface area contributed by atoms with E-state index in [0.717, 1.165) is 39.0 Å². The number of nitrogens with zero attached hydrogens (tertiary/aromatic N) is 1. The second kappa shape index (κ2) is 10.7. The van der Waals surface area contributed by atoms with Crippen LogP contribution in [0, 0.1) is 0 Å². The molecule has 0 saturated heterocycles. The average Bonchev–Trinajstić information content (AvgIpc) is 3.83. The van der Waals surface area contributed by atoms with E-state index >= 15 is 0 Å². The Bertz CT molecular complexity index is 2730. The zero-order valence-corrected chi connectivity index (χ0v) is 27.8. The van der Waals surface area contributed by atoms with Crippen LogP contribution in [-0.4, -0.2) is 0 Å². The van der Waals surface area contributed by atoms with Gasteiger partial charge in [0.1, 0.15) is 11.2 Å². The molecule has 238 valence electrons. The second-order valence-electron chi connectivity index (χ2n) is 13.6. The monoisotopic (exact) mass is 649 g/mol. The summed E-state index contributed by atoms with van der Waals surface area (Å²) in [6, 6.07) is 68.4. The fraction of sp³-hybridized carbons (Fsp3) is 0.0204. The van der Waals surface area contributed by atoms with E-state index in [4.69, 9.17) is 4.42 Å². The maximum atomic E-state index is 6.23. The van der Waals surface area contributed by atoms with Crippen molar-refractivity contribution in [2.24, 2.45) is 0 Å². The predicted molar refractivity (Wildman–Crippen MR) is 210 cm³/mol. The van der Waals surface area contributed by atoms with Crippen LogP contribution in [0.15, 0.2) is 192 Å². The molecular formula is C49H31NO. The molecule has 0 fully saturated rings. The summed E-state index contributed by atoms with van der Waals surface area (Å²) in [4.78, 5) is 2.36. The Balaban J connectivity index is 1.10. The fourth-order valence-electron chi connectivity index (χ4n) is 8.96. The van der Waals surface area contributed by atoms with Gasteiger partial charge >= 0.3 is 0 Å². The van der Waals surface area contributed by atoms with Crippen molar-refractivity contribution in [1.82, 2.24) is 0 Å². The number of hydrogen-bond acceptors (Lipinski definition) is 2. The molecule has 2 aliphatic rings. The molecule has 0 saturated carbocycles. The first kappa shape index (κ1) is 28.2. The summed E-state index contributed by atoms with van der Waals surface area (Å²) in [6.07, 6.45) is 0. The van der Waals surface area contributed by atoms with Crippen LogP contribution in [0.4, 0.5) is 17.1 Å². The van der Waals surface area contributed by atoms with Gasteiger partial charge in [0.2, 0.25) is 0 Å². The second-order valence-corrected chi connectivity index (χ2v) is 13.6. The smallest absolute Gasteiger partial charge is 0.135 e. The highest BCUT2D eigenvalue weighted by Crippen LogP contribution is 2.64. The lowest BCUT2D eigenvalue weighted by Gasteiger charge is -2.32. The van der Waals surface area contributed by atoms with Crippen LogP contribution >= 0.6 is 0 Å². The molecule has 51 heavy (non-hydrogen) atoms. The number of rotatable bonds is 5. The SMILES string of the molecule is c1ccc(-c2ccc(N(c3ccc(C45c6ccccc6-c6cccc(c64)-c4ccccc45)cc3)c3ccc4oc5ccccc5c4c3)cc2)cc1. The van der Waals surface area contributed by atoms with E-state index in [2.05, 4.69) is 181 Å². The predicted octanol–water partition coefficient (Wildman–Crippen LogP) is 13.1. The van der Waals surface area contributed by atoms with E-state index in [-0.39, 0.29) is 5.41 Å². The Morgan fingerprint density at radius 2 is 0.902 bits per heavy atom. The zero-order chi connectivity index (χ0) is 33.5. The highest BCUT2D eigenvalue weighted by molar-refractivity contribution is 6.06. The van der Waals surface area contributed by atoms with Crippen molar-refractivity contribution >= 4 is 39.0 Å². The van der Waals surface area contributed by atoms with Gasteiger partial charge in [0, 0.05) is 27.8 Å². The Hall–Kier alpha value is -6.64. The number of fused-ring (bicyclic) bond motifs is 9. The zero-order valence-electron chi connectivity index (χ0n) is 27.8. The minimum atomic E-state index is -0.367. The summed E-state index contributed by atoms with van der Waals surface area (Å²) in [7, 11) is 0. The molecule has 1 heterocycles. The van der Waals surface area contributed by atoms with Gasteiger partial charge in [0.15, 0.2) is 0 Å². The topological polar surface area (TPSA) is 16.4 Å². The summed E-state index contributed by atoms with van der Waals surface area (Å²) in [5.74, 6) is 0. The van der Waals surface area contributed by atoms with Crippen LogP contribution in [0.3, 0.4) is 0 Å². The van der Waals surface area contributed by atoms with Crippen molar-refractivity contribution in [1.29, 1.82) is 0 Å². The fourth-order valence-corrected chi connectivity index (χ4v) is 8.96. The quantitative estimate of drug-likeness (QED) is 0.184. The van der Waals surface area contributed by atoms with E-state index in [9.17, 15) is 0 Å². The molecule has 2 aliphatic carbocycles. The molecule has 2 nitrogen and oxygen atoms in total. The van der Waals surface area contributed by atoms with Gasteiger partial charge in [-0.2, -0.15) is 0 Å². The van der Waals surface area contributed by atoms with Crippen molar-refractivity contribution in [3.05, 3.63) is 210 Å². The molecule has 2 heteroatoms. The largest absolute Gasteiger partial charge is 0.456 e. The summed E-state index contributed by atoms with van der Waals surface area (Å²) in [5.41, 5.74) is 17.8. The first-order valence-corrected chi connectivity index (χ1v) is 17.6. The van der Waals surface area contributed by atoms with Crippen molar-refractivity contribution < 1.29 is 4.42 Å². The van der Waals surface area contributed by atoms with E-state index < -0.39 is 0 Å². The molecular weight excluding hydrogens is 619 g/mol. The molecule has 0 radical (unpaired) electrons. The Morgan fingerprint density at radius 1 is 0.373 bits per heavy atom. The van der Waals surface area contributed by atoms with Gasteiger partial charge in [0.05, 0.1) is 5.41 Å². The third kappa shape index (κ3) is 3.93. The van der Waals surface area contributed by atoms with Gasteiger partial charge in [-0.25, -0.2) is 0 Å². The van der Waals surface area contributed by atoms with Crippen molar-refractivity contribution in [2.75, 3.05) is 4.90 Å². The number of furan rings is 1. The highest BCUT2D eigenvalue weighted by atomic mass is 16.3. The molecule has 0 atom stereocenters. The minimum Gasteiger partial charge on any atom is -0.456 e. The summed E-state index contributed by atoms with van der Waals surface area (Å²) in [6.45, 7) is 0. The number of hydrogen-bond donors (Lipinski definition) is 0. The van der Waals surface area contributed by atoms with E-state index in [1.54, 1.807) is 0 Å². The van der Waals surface area contributed by atoms with Crippen LogP contribution in [0.25, 0.3) is 55.3 Å². The van der Waals surface area contributed by atoms with Crippen LogP contribution in [-0.2, 0) is 5.41 Å². The molecule has 8 aromatic carbocycles. The first-order chi connectivity index (χ1) is 25.3. The van der Waals surface area contributed by atoms with Crippen molar-refractivity contribution in [2.45, 2.75) is 5.41 Å². The van der Waals surface area contributed by atoms with Crippen LogP contribution in [0.2, 0.25) is 0 Å². The number of benzene rings is 8. The van der Waals surface area contributed by atoms with Crippen molar-refractivity contribution in [3.63, 3.8) is 0 Å². The molecule has 9 aromatic rings. The van der Waals surface area contributed by atoms with Gasteiger partial charge in [-0.05, 0) is 104 Å². The average molecular weight is 650 g/mol. The molecule has 0 spiro atoms. The van der Waals surface area contributed by atoms with E-state index in [1.165, 1.54) is 55.6 Å². The molecule has 1 aromatic heterocycles. The Kier molecular flexibility index (Phi) is 5.91. The highest BCUT2D eigenvalue weighted by Gasteiger charge is 2.52. The molecule has 0 N–H and O–H groups in total. The third-order valence-electron chi connectivity index (χ3n) is 11.1. The summed E-state index contributed by atoms with van der Waals surface area (Å²) < 4.78 is 6.23. The van der Waals surface area contributed by atoms with Crippen molar-refractivity contribution in [3.8, 4) is 33.4 Å². The number of para-hydroxylation sites is 1. The van der Waals surface area contributed by atoms with Crippen LogP contribution in [0.1, 0.15) is 22.3 Å². The van der Waals surface area contributed by atoms with Gasteiger partial charge in [-0.15, -0.1) is 0 Å². The maximum Gasteiger partial charge on any atom is 0.135 e.